The second-order valence-corrected chi connectivity index (χ2v) is 5.33. The predicted octanol–water partition coefficient (Wildman–Crippen LogP) is 3.04. The van der Waals surface area contributed by atoms with Crippen LogP contribution in [0.3, 0.4) is 0 Å². The molecule has 0 amide bonds. The van der Waals surface area contributed by atoms with Crippen LogP contribution in [0.4, 0.5) is 4.39 Å². The van der Waals surface area contributed by atoms with Crippen LogP contribution in [0.25, 0.3) is 0 Å². The predicted molar refractivity (Wildman–Crippen MR) is 71.1 cm³/mol. The van der Waals surface area contributed by atoms with Crippen molar-refractivity contribution in [3.63, 3.8) is 0 Å². The normalized spacial score (nSPS) is 12.7. The fourth-order valence-electron chi connectivity index (χ4n) is 1.78. The summed E-state index contributed by atoms with van der Waals surface area (Å²) in [6.45, 7) is 3.77. The summed E-state index contributed by atoms with van der Waals surface area (Å²) in [6.07, 6.45) is 0. The third-order valence-corrected chi connectivity index (χ3v) is 3.88. The first-order valence-electron chi connectivity index (χ1n) is 5.71. The fraction of sp³-hybridized carbons (Fsp3) is 0.308. The quantitative estimate of drug-likeness (QED) is 0.927. The largest absolute Gasteiger partial charge is 0.324 e. The van der Waals surface area contributed by atoms with Crippen LogP contribution in [0.15, 0.2) is 34.2 Å². The monoisotopic (exact) mass is 265 g/mol. The summed E-state index contributed by atoms with van der Waals surface area (Å²) in [6, 6.07) is 6.74. The maximum absolute atomic E-state index is 13.9. The molecule has 0 aliphatic heterocycles. The summed E-state index contributed by atoms with van der Waals surface area (Å²) < 4.78 is 15.7. The summed E-state index contributed by atoms with van der Waals surface area (Å²) in [4.78, 5) is 0.579. The Balaban J connectivity index is 2.42. The van der Waals surface area contributed by atoms with Gasteiger partial charge in [-0.1, -0.05) is 23.9 Å². The van der Waals surface area contributed by atoms with E-state index >= 15 is 0 Å². The lowest BCUT2D eigenvalue weighted by Crippen LogP contribution is -2.07. The Morgan fingerprint density at radius 3 is 2.72 bits per heavy atom. The van der Waals surface area contributed by atoms with Gasteiger partial charge >= 0.3 is 0 Å². The summed E-state index contributed by atoms with van der Waals surface area (Å²) in [5.74, 6) is -0.242. The Kier molecular flexibility index (Phi) is 3.73. The van der Waals surface area contributed by atoms with E-state index in [1.165, 1.54) is 17.8 Å². The smallest absolute Gasteiger partial charge is 0.137 e. The Bertz CT molecular complexity index is 563. The third-order valence-electron chi connectivity index (χ3n) is 2.65. The molecule has 0 bridgehead atoms. The standard InChI is InChI=1S/C13H16FN3S/c1-8-7-12(17(3)16-8)18-13-10(9(2)15)5-4-6-11(13)14/h4-7,9H,15H2,1-3H3/t9-/m0/s1. The van der Waals surface area contributed by atoms with Gasteiger partial charge in [-0.2, -0.15) is 5.10 Å². The average molecular weight is 265 g/mol. The number of hydrogen-bond acceptors (Lipinski definition) is 3. The first kappa shape index (κ1) is 13.1. The first-order chi connectivity index (χ1) is 8.49. The highest BCUT2D eigenvalue weighted by Gasteiger charge is 2.15. The number of halogens is 1. The molecule has 2 rings (SSSR count). The minimum Gasteiger partial charge on any atom is -0.324 e. The van der Waals surface area contributed by atoms with E-state index < -0.39 is 0 Å². The van der Waals surface area contributed by atoms with Crippen molar-refractivity contribution in [2.45, 2.75) is 29.8 Å². The summed E-state index contributed by atoms with van der Waals surface area (Å²) in [5.41, 5.74) is 7.61. The average Bonchev–Trinajstić information content (AvgIpc) is 2.60. The SMILES string of the molecule is Cc1cc(Sc2c(F)cccc2[C@H](C)N)n(C)n1. The number of aryl methyl sites for hydroxylation is 2. The van der Waals surface area contributed by atoms with Crippen LogP contribution in [0.5, 0.6) is 0 Å². The second-order valence-electron chi connectivity index (χ2n) is 4.30. The fourth-order valence-corrected chi connectivity index (χ4v) is 2.93. The highest BCUT2D eigenvalue weighted by molar-refractivity contribution is 7.99. The van der Waals surface area contributed by atoms with E-state index in [2.05, 4.69) is 5.10 Å². The summed E-state index contributed by atoms with van der Waals surface area (Å²) >= 11 is 1.36. The van der Waals surface area contributed by atoms with Crippen LogP contribution in [-0.2, 0) is 7.05 Å². The molecule has 1 aromatic carbocycles. The van der Waals surface area contributed by atoms with E-state index in [0.29, 0.717) is 4.90 Å². The molecule has 96 valence electrons. The zero-order valence-electron chi connectivity index (χ0n) is 10.6. The molecule has 5 heteroatoms. The molecule has 3 nitrogen and oxygen atoms in total. The molecule has 18 heavy (non-hydrogen) atoms. The number of nitrogens with zero attached hydrogens (tertiary/aromatic N) is 2. The molecule has 2 N–H and O–H groups in total. The second kappa shape index (κ2) is 5.12. The molecule has 0 saturated heterocycles. The zero-order chi connectivity index (χ0) is 13.3. The van der Waals surface area contributed by atoms with Crippen molar-refractivity contribution >= 4 is 11.8 Å². The van der Waals surface area contributed by atoms with Crippen LogP contribution in [-0.4, -0.2) is 9.78 Å². The molecule has 0 aliphatic carbocycles. The summed E-state index contributed by atoms with van der Waals surface area (Å²) in [7, 11) is 1.85. The van der Waals surface area contributed by atoms with Gasteiger partial charge in [-0.15, -0.1) is 0 Å². The Morgan fingerprint density at radius 1 is 1.44 bits per heavy atom. The molecule has 1 heterocycles. The van der Waals surface area contributed by atoms with Crippen molar-refractivity contribution in [2.24, 2.45) is 12.8 Å². The maximum atomic E-state index is 13.9. The van der Waals surface area contributed by atoms with Gasteiger partial charge in [-0.25, -0.2) is 4.39 Å². The topological polar surface area (TPSA) is 43.8 Å². The van der Waals surface area contributed by atoms with Crippen molar-refractivity contribution in [3.8, 4) is 0 Å². The molecular weight excluding hydrogens is 249 g/mol. The highest BCUT2D eigenvalue weighted by atomic mass is 32.2. The van der Waals surface area contributed by atoms with E-state index in [0.717, 1.165) is 16.3 Å². The van der Waals surface area contributed by atoms with Crippen molar-refractivity contribution < 1.29 is 4.39 Å². The van der Waals surface area contributed by atoms with Gasteiger partial charge in [-0.05, 0) is 31.5 Å². The molecule has 0 saturated carbocycles. The van der Waals surface area contributed by atoms with Gasteiger partial charge in [0.2, 0.25) is 0 Å². The van der Waals surface area contributed by atoms with Crippen LogP contribution < -0.4 is 5.73 Å². The van der Waals surface area contributed by atoms with E-state index in [9.17, 15) is 4.39 Å². The van der Waals surface area contributed by atoms with Gasteiger partial charge in [0.25, 0.3) is 0 Å². The third kappa shape index (κ3) is 2.57. The van der Waals surface area contributed by atoms with E-state index in [1.807, 2.05) is 33.0 Å². The minimum atomic E-state index is -0.242. The van der Waals surface area contributed by atoms with Crippen LogP contribution in [0.1, 0.15) is 24.2 Å². The molecule has 0 aliphatic rings. The lowest BCUT2D eigenvalue weighted by molar-refractivity contribution is 0.590. The van der Waals surface area contributed by atoms with E-state index in [-0.39, 0.29) is 11.9 Å². The van der Waals surface area contributed by atoms with Gasteiger partial charge in [0, 0.05) is 13.1 Å². The van der Waals surface area contributed by atoms with Gasteiger partial charge in [-0.3, -0.25) is 4.68 Å². The van der Waals surface area contributed by atoms with Gasteiger partial charge in [0.05, 0.1) is 15.6 Å². The lowest BCUT2D eigenvalue weighted by atomic mass is 10.1. The van der Waals surface area contributed by atoms with Gasteiger partial charge in [0.1, 0.15) is 5.82 Å². The van der Waals surface area contributed by atoms with Crippen molar-refractivity contribution in [1.82, 2.24) is 9.78 Å². The van der Waals surface area contributed by atoms with E-state index in [4.69, 9.17) is 5.73 Å². The van der Waals surface area contributed by atoms with Gasteiger partial charge in [0.15, 0.2) is 0 Å². The zero-order valence-corrected chi connectivity index (χ0v) is 11.5. The van der Waals surface area contributed by atoms with Crippen molar-refractivity contribution in [2.75, 3.05) is 0 Å². The molecule has 2 aromatic rings. The molecule has 0 spiro atoms. The van der Waals surface area contributed by atoms with Crippen LogP contribution in [0, 0.1) is 12.7 Å². The number of rotatable bonds is 3. The molecule has 1 atom stereocenters. The molecule has 0 radical (unpaired) electrons. The molecular formula is C13H16FN3S. The maximum Gasteiger partial charge on any atom is 0.137 e. The van der Waals surface area contributed by atoms with Crippen molar-refractivity contribution in [3.05, 3.63) is 41.3 Å². The number of nitrogens with two attached hydrogens (primary N) is 1. The van der Waals surface area contributed by atoms with Gasteiger partial charge < -0.3 is 5.73 Å². The Hall–Kier alpha value is -1.33. The molecule has 0 fully saturated rings. The number of hydrogen-bond donors (Lipinski definition) is 1. The molecule has 1 aromatic heterocycles. The van der Waals surface area contributed by atoms with Crippen molar-refractivity contribution in [1.29, 1.82) is 0 Å². The molecule has 0 unspecified atom stereocenters. The summed E-state index contributed by atoms with van der Waals surface area (Å²) in [5, 5.41) is 5.16. The highest BCUT2D eigenvalue weighted by Crippen LogP contribution is 2.34. The first-order valence-corrected chi connectivity index (χ1v) is 6.53. The van der Waals surface area contributed by atoms with Crippen LogP contribution in [0.2, 0.25) is 0 Å². The van der Waals surface area contributed by atoms with Crippen LogP contribution >= 0.6 is 11.8 Å². The lowest BCUT2D eigenvalue weighted by Gasteiger charge is -2.12. The number of aromatic nitrogens is 2. The number of benzene rings is 1. The van der Waals surface area contributed by atoms with E-state index in [1.54, 1.807) is 10.7 Å². The Morgan fingerprint density at radius 2 is 2.17 bits per heavy atom. The Labute approximate surface area is 110 Å². The minimum absolute atomic E-state index is 0.197.